The number of benzene rings is 1. The van der Waals surface area contributed by atoms with Crippen LogP contribution in [0.15, 0.2) is 30.3 Å². The average Bonchev–Trinajstić information content (AvgIpc) is 2.58. The van der Waals surface area contributed by atoms with Crippen LogP contribution in [0.1, 0.15) is 62.8 Å². The van der Waals surface area contributed by atoms with E-state index in [2.05, 4.69) is 4.98 Å². The molecule has 1 aromatic heterocycles. The van der Waals surface area contributed by atoms with Crippen molar-refractivity contribution in [3.8, 4) is 11.1 Å². The van der Waals surface area contributed by atoms with Crippen molar-refractivity contribution in [1.29, 1.82) is 0 Å². The summed E-state index contributed by atoms with van der Waals surface area (Å²) in [6, 6.07) is 7.31. The minimum atomic E-state index is -0.721. The molecule has 0 bridgehead atoms. The summed E-state index contributed by atoms with van der Waals surface area (Å²) in [4.78, 5) is 15.0. The van der Waals surface area contributed by atoms with Crippen molar-refractivity contribution in [1.82, 2.24) is 4.98 Å². The first-order chi connectivity index (χ1) is 12.9. The lowest BCUT2D eigenvalue weighted by Crippen LogP contribution is -1.95. The van der Waals surface area contributed by atoms with Crippen molar-refractivity contribution in [3.05, 3.63) is 53.4 Å². The van der Waals surface area contributed by atoms with Gasteiger partial charge in [0.25, 0.3) is 0 Å². The van der Waals surface area contributed by atoms with Gasteiger partial charge in [0.15, 0.2) is 0 Å². The largest absolute Gasteiger partial charge is 0.481 e. The van der Waals surface area contributed by atoms with Gasteiger partial charge in [-0.15, -0.1) is 0 Å². The van der Waals surface area contributed by atoms with Crippen LogP contribution < -0.4 is 0 Å². The number of carboxylic acids is 1. The Bertz CT molecular complexity index is 742. The lowest BCUT2D eigenvalue weighted by atomic mass is 10.0. The first-order valence-electron chi connectivity index (χ1n) is 9.60. The van der Waals surface area contributed by atoms with Crippen LogP contribution in [0.5, 0.6) is 0 Å². The number of carbonyl (C=O) groups is 1. The number of rotatable bonds is 11. The van der Waals surface area contributed by atoms with Gasteiger partial charge in [0.2, 0.25) is 0 Å². The second-order valence-electron chi connectivity index (χ2n) is 7.02. The Kier molecular flexibility index (Phi) is 8.37. The third-order valence-corrected chi connectivity index (χ3v) is 4.53. The molecule has 2 rings (SSSR count). The Morgan fingerprint density at radius 3 is 2.04 bits per heavy atom. The van der Waals surface area contributed by atoms with Crippen molar-refractivity contribution in [2.75, 3.05) is 0 Å². The molecule has 0 radical (unpaired) electrons. The molecular formula is C22H27F2NO2. The van der Waals surface area contributed by atoms with E-state index in [1.807, 2.05) is 19.1 Å². The zero-order valence-electron chi connectivity index (χ0n) is 15.8. The van der Waals surface area contributed by atoms with Crippen LogP contribution in [0.25, 0.3) is 11.1 Å². The smallest absolute Gasteiger partial charge is 0.303 e. The fourth-order valence-corrected chi connectivity index (χ4v) is 3.22. The van der Waals surface area contributed by atoms with E-state index in [4.69, 9.17) is 5.11 Å². The van der Waals surface area contributed by atoms with E-state index in [0.717, 1.165) is 74.4 Å². The molecule has 1 heterocycles. The van der Waals surface area contributed by atoms with E-state index < -0.39 is 17.6 Å². The van der Waals surface area contributed by atoms with Crippen molar-refractivity contribution in [2.24, 2.45) is 0 Å². The Morgan fingerprint density at radius 2 is 1.41 bits per heavy atom. The summed E-state index contributed by atoms with van der Waals surface area (Å²) in [7, 11) is 0. The third kappa shape index (κ3) is 7.85. The Hall–Kier alpha value is -2.30. The average molecular weight is 375 g/mol. The van der Waals surface area contributed by atoms with Crippen LogP contribution >= 0.6 is 0 Å². The topological polar surface area (TPSA) is 50.2 Å². The summed E-state index contributed by atoms with van der Waals surface area (Å²) >= 11 is 0. The first-order valence-corrected chi connectivity index (χ1v) is 9.60. The number of hydrogen-bond acceptors (Lipinski definition) is 2. The van der Waals surface area contributed by atoms with Crippen LogP contribution in [0.2, 0.25) is 0 Å². The van der Waals surface area contributed by atoms with E-state index in [-0.39, 0.29) is 6.42 Å². The highest BCUT2D eigenvalue weighted by Gasteiger charge is 2.07. The number of aromatic nitrogens is 1. The zero-order valence-corrected chi connectivity index (χ0v) is 15.8. The maximum absolute atomic E-state index is 13.5. The van der Waals surface area contributed by atoms with E-state index in [1.165, 1.54) is 12.1 Å². The number of aliphatic carboxylic acids is 1. The summed E-state index contributed by atoms with van der Waals surface area (Å²) in [5.74, 6) is -1.88. The second-order valence-corrected chi connectivity index (χ2v) is 7.02. The SMILES string of the molecule is Cc1cc(-c2cc(F)cc(F)c2)cc(CCCCCCCCCC(=O)O)n1. The quantitative estimate of drug-likeness (QED) is 0.484. The molecular weight excluding hydrogens is 348 g/mol. The van der Waals surface area contributed by atoms with Crippen molar-refractivity contribution in [3.63, 3.8) is 0 Å². The van der Waals surface area contributed by atoms with E-state index in [0.29, 0.717) is 5.56 Å². The first kappa shape index (κ1) is 21.0. The van der Waals surface area contributed by atoms with Crippen molar-refractivity contribution >= 4 is 5.97 Å². The summed E-state index contributed by atoms with van der Waals surface area (Å²) in [6.07, 6.45) is 8.26. The fourth-order valence-electron chi connectivity index (χ4n) is 3.22. The molecule has 0 saturated carbocycles. The summed E-state index contributed by atoms with van der Waals surface area (Å²) in [6.45, 7) is 1.89. The molecule has 27 heavy (non-hydrogen) atoms. The highest BCUT2D eigenvalue weighted by Crippen LogP contribution is 2.24. The second kappa shape index (κ2) is 10.8. The Labute approximate surface area is 159 Å². The number of unbranched alkanes of at least 4 members (excludes halogenated alkanes) is 6. The van der Waals surface area contributed by atoms with Gasteiger partial charge in [-0.3, -0.25) is 9.78 Å². The van der Waals surface area contributed by atoms with E-state index in [9.17, 15) is 13.6 Å². The molecule has 1 N–H and O–H groups in total. The number of hydrogen-bond donors (Lipinski definition) is 1. The molecule has 0 aliphatic carbocycles. The molecule has 0 amide bonds. The predicted octanol–water partition coefficient (Wildman–Crippen LogP) is 6.08. The highest BCUT2D eigenvalue weighted by atomic mass is 19.1. The van der Waals surface area contributed by atoms with Gasteiger partial charge in [0.05, 0.1) is 0 Å². The molecule has 5 heteroatoms. The highest BCUT2D eigenvalue weighted by molar-refractivity contribution is 5.66. The molecule has 2 aromatic rings. The van der Waals surface area contributed by atoms with Gasteiger partial charge in [-0.05, 0) is 61.6 Å². The third-order valence-electron chi connectivity index (χ3n) is 4.53. The van der Waals surface area contributed by atoms with Gasteiger partial charge >= 0.3 is 5.97 Å². The minimum absolute atomic E-state index is 0.260. The van der Waals surface area contributed by atoms with Crippen LogP contribution in [0, 0.1) is 18.6 Å². The normalized spacial score (nSPS) is 10.9. The Morgan fingerprint density at radius 1 is 0.852 bits per heavy atom. The summed E-state index contributed by atoms with van der Waals surface area (Å²) in [5, 5.41) is 8.59. The molecule has 0 aliphatic heterocycles. The Balaban J connectivity index is 1.78. The lowest BCUT2D eigenvalue weighted by Gasteiger charge is -2.08. The van der Waals surface area contributed by atoms with Gasteiger partial charge in [-0.1, -0.05) is 32.1 Å². The molecule has 0 unspecified atom stereocenters. The maximum Gasteiger partial charge on any atom is 0.303 e. The maximum atomic E-state index is 13.5. The lowest BCUT2D eigenvalue weighted by molar-refractivity contribution is -0.137. The van der Waals surface area contributed by atoms with Gasteiger partial charge in [0.1, 0.15) is 11.6 Å². The molecule has 146 valence electrons. The van der Waals surface area contributed by atoms with Gasteiger partial charge in [-0.25, -0.2) is 8.78 Å². The predicted molar refractivity (Wildman–Crippen MR) is 103 cm³/mol. The monoisotopic (exact) mass is 375 g/mol. The van der Waals surface area contributed by atoms with Crippen molar-refractivity contribution < 1.29 is 18.7 Å². The summed E-state index contributed by atoms with van der Waals surface area (Å²) < 4.78 is 26.9. The number of nitrogens with zero attached hydrogens (tertiary/aromatic N) is 1. The van der Waals surface area contributed by atoms with Crippen LogP contribution in [0.4, 0.5) is 8.78 Å². The van der Waals surface area contributed by atoms with E-state index >= 15 is 0 Å². The van der Waals surface area contributed by atoms with Gasteiger partial charge in [0, 0.05) is 23.9 Å². The molecule has 0 saturated heterocycles. The van der Waals surface area contributed by atoms with E-state index in [1.54, 1.807) is 0 Å². The number of pyridine rings is 1. The van der Waals surface area contributed by atoms with Crippen molar-refractivity contribution in [2.45, 2.75) is 64.7 Å². The minimum Gasteiger partial charge on any atom is -0.481 e. The number of aryl methyl sites for hydroxylation is 2. The molecule has 0 aliphatic rings. The summed E-state index contributed by atoms with van der Waals surface area (Å²) in [5.41, 5.74) is 3.09. The van der Waals surface area contributed by atoms with Crippen LogP contribution in [0.3, 0.4) is 0 Å². The van der Waals surface area contributed by atoms with Crippen LogP contribution in [-0.2, 0) is 11.2 Å². The van der Waals surface area contributed by atoms with Gasteiger partial charge in [-0.2, -0.15) is 0 Å². The molecule has 3 nitrogen and oxygen atoms in total. The number of halogens is 2. The van der Waals surface area contributed by atoms with Gasteiger partial charge < -0.3 is 5.11 Å². The standard InChI is InChI=1S/C22H27F2NO2/c1-16-11-17(18-12-19(23)15-20(24)13-18)14-21(25-16)9-7-5-3-2-4-6-8-10-22(26)27/h11-15H,2-10H2,1H3,(H,26,27). The molecule has 0 spiro atoms. The molecule has 0 atom stereocenters. The molecule has 0 fully saturated rings. The molecule has 1 aromatic carbocycles. The van der Waals surface area contributed by atoms with Crippen LogP contribution in [-0.4, -0.2) is 16.1 Å². The zero-order chi connectivity index (χ0) is 19.6. The fraction of sp³-hybridized carbons (Fsp3) is 0.455. The number of carboxylic acid groups (broad SMARTS) is 1.